The molecule has 0 aliphatic heterocycles. The van der Waals surface area contributed by atoms with Gasteiger partial charge in [0.25, 0.3) is 5.91 Å². The number of fused-ring (bicyclic) bond motifs is 1. The highest BCUT2D eigenvalue weighted by Crippen LogP contribution is 2.28. The Bertz CT molecular complexity index is 1010. The quantitative estimate of drug-likeness (QED) is 0.764. The van der Waals surface area contributed by atoms with Gasteiger partial charge in [-0.25, -0.2) is 0 Å². The van der Waals surface area contributed by atoms with Crippen LogP contribution in [0.2, 0.25) is 0 Å². The molecule has 1 aromatic heterocycles. The largest absolute Gasteiger partial charge is 0.493 e. The Morgan fingerprint density at radius 2 is 2.04 bits per heavy atom. The van der Waals surface area contributed by atoms with E-state index >= 15 is 0 Å². The maximum Gasteiger partial charge on any atom is 0.262 e. The van der Waals surface area contributed by atoms with E-state index < -0.39 is 0 Å². The van der Waals surface area contributed by atoms with E-state index in [0.717, 1.165) is 16.6 Å². The van der Waals surface area contributed by atoms with Crippen molar-refractivity contribution < 1.29 is 14.3 Å². The van der Waals surface area contributed by atoms with Crippen LogP contribution in [0.1, 0.15) is 11.3 Å². The lowest BCUT2D eigenvalue weighted by Gasteiger charge is -2.12. The van der Waals surface area contributed by atoms with Crippen molar-refractivity contribution in [2.45, 2.75) is 6.92 Å². The smallest absolute Gasteiger partial charge is 0.262 e. The van der Waals surface area contributed by atoms with Crippen molar-refractivity contribution >= 4 is 22.5 Å². The topological polar surface area (TPSA) is 84.2 Å². The number of para-hydroxylation sites is 1. The summed E-state index contributed by atoms with van der Waals surface area (Å²) in [6.07, 6.45) is 0. The normalized spacial score (nSPS) is 10.2. The first-order valence-corrected chi connectivity index (χ1v) is 7.98. The van der Waals surface area contributed by atoms with Crippen molar-refractivity contribution in [2.24, 2.45) is 0 Å². The number of ether oxygens (including phenoxy) is 2. The molecule has 1 N–H and O–H groups in total. The number of carbonyl (C=O) groups excluding carboxylic acids is 1. The minimum atomic E-state index is -0.313. The first kappa shape index (κ1) is 17.2. The lowest BCUT2D eigenvalue weighted by molar-refractivity contribution is -0.118. The van der Waals surface area contributed by atoms with Gasteiger partial charge in [0.1, 0.15) is 0 Å². The Kier molecular flexibility index (Phi) is 4.99. The van der Waals surface area contributed by atoms with Gasteiger partial charge in [-0.3, -0.25) is 9.78 Å². The summed E-state index contributed by atoms with van der Waals surface area (Å²) in [7, 11) is 1.48. The zero-order valence-electron chi connectivity index (χ0n) is 14.4. The maximum atomic E-state index is 12.3. The third-order valence-electron chi connectivity index (χ3n) is 3.79. The number of benzene rings is 2. The van der Waals surface area contributed by atoms with Crippen molar-refractivity contribution in [3.05, 3.63) is 59.8 Å². The first-order chi connectivity index (χ1) is 12.6. The lowest BCUT2D eigenvalue weighted by Crippen LogP contribution is -2.20. The van der Waals surface area contributed by atoms with Gasteiger partial charge in [-0.05, 0) is 31.2 Å². The number of nitrogens with zero attached hydrogens (tertiary/aromatic N) is 2. The molecule has 0 saturated carbocycles. The highest BCUT2D eigenvalue weighted by molar-refractivity contribution is 6.00. The summed E-state index contributed by atoms with van der Waals surface area (Å²) < 4.78 is 10.7. The number of aryl methyl sites for hydroxylation is 1. The van der Waals surface area contributed by atoms with Crippen LogP contribution in [0.25, 0.3) is 10.9 Å². The van der Waals surface area contributed by atoms with Gasteiger partial charge in [0.05, 0.1) is 29.9 Å². The van der Waals surface area contributed by atoms with E-state index in [2.05, 4.69) is 10.3 Å². The van der Waals surface area contributed by atoms with Crippen LogP contribution in [0.4, 0.5) is 5.69 Å². The predicted molar refractivity (Wildman–Crippen MR) is 98.3 cm³/mol. The van der Waals surface area contributed by atoms with Gasteiger partial charge < -0.3 is 14.8 Å². The number of rotatable bonds is 5. The zero-order valence-corrected chi connectivity index (χ0v) is 14.4. The lowest BCUT2D eigenvalue weighted by atomic mass is 10.1. The van der Waals surface area contributed by atoms with Crippen LogP contribution in [0.3, 0.4) is 0 Å². The van der Waals surface area contributed by atoms with Gasteiger partial charge in [0, 0.05) is 17.1 Å². The molecule has 0 unspecified atom stereocenters. The van der Waals surface area contributed by atoms with E-state index in [4.69, 9.17) is 14.7 Å². The standard InChI is InChI=1S/C20H17N3O3/c1-13-6-8-15-4-3-5-16(20(15)22-13)23-19(24)12-26-17-9-7-14(11-21)10-18(17)25-2/h3-10H,12H2,1-2H3,(H,23,24). The molecule has 6 nitrogen and oxygen atoms in total. The number of anilines is 1. The van der Waals surface area contributed by atoms with E-state index in [1.807, 2.05) is 37.3 Å². The minimum absolute atomic E-state index is 0.190. The monoisotopic (exact) mass is 347 g/mol. The first-order valence-electron chi connectivity index (χ1n) is 7.98. The van der Waals surface area contributed by atoms with E-state index in [1.54, 1.807) is 24.3 Å². The Hall–Kier alpha value is -3.59. The summed E-state index contributed by atoms with van der Waals surface area (Å²) in [6, 6.07) is 16.3. The third-order valence-corrected chi connectivity index (χ3v) is 3.79. The average Bonchev–Trinajstić information content (AvgIpc) is 2.66. The molecule has 0 radical (unpaired) electrons. The second-order valence-corrected chi connectivity index (χ2v) is 5.64. The van der Waals surface area contributed by atoms with Crippen molar-refractivity contribution in [3.63, 3.8) is 0 Å². The third kappa shape index (κ3) is 3.73. The molecule has 3 aromatic rings. The molecule has 0 atom stereocenters. The number of pyridine rings is 1. The number of carbonyl (C=O) groups is 1. The molecule has 0 fully saturated rings. The van der Waals surface area contributed by atoms with Gasteiger partial charge in [0.15, 0.2) is 18.1 Å². The molecule has 0 bridgehead atoms. The Morgan fingerprint density at radius 3 is 2.81 bits per heavy atom. The van der Waals surface area contributed by atoms with Gasteiger partial charge in [-0.2, -0.15) is 5.26 Å². The molecule has 2 aromatic carbocycles. The minimum Gasteiger partial charge on any atom is -0.493 e. The summed E-state index contributed by atoms with van der Waals surface area (Å²) in [4.78, 5) is 16.8. The molecular weight excluding hydrogens is 330 g/mol. The summed E-state index contributed by atoms with van der Waals surface area (Å²) in [5, 5.41) is 12.7. The molecule has 26 heavy (non-hydrogen) atoms. The van der Waals surface area contributed by atoms with E-state index in [1.165, 1.54) is 7.11 Å². The number of nitriles is 1. The Labute approximate surface area is 151 Å². The van der Waals surface area contributed by atoms with Crippen LogP contribution in [0.5, 0.6) is 11.5 Å². The Morgan fingerprint density at radius 1 is 1.19 bits per heavy atom. The maximum absolute atomic E-state index is 12.3. The molecule has 0 aliphatic rings. The summed E-state index contributed by atoms with van der Waals surface area (Å²) >= 11 is 0. The summed E-state index contributed by atoms with van der Waals surface area (Å²) in [6.45, 7) is 1.71. The second kappa shape index (κ2) is 7.53. The van der Waals surface area contributed by atoms with Crippen LogP contribution < -0.4 is 14.8 Å². The van der Waals surface area contributed by atoms with Gasteiger partial charge in [-0.1, -0.05) is 18.2 Å². The summed E-state index contributed by atoms with van der Waals surface area (Å²) in [5.41, 5.74) is 2.69. The molecule has 0 saturated heterocycles. The summed E-state index contributed by atoms with van der Waals surface area (Å²) in [5.74, 6) is 0.486. The number of methoxy groups -OCH3 is 1. The fraction of sp³-hybridized carbons (Fsp3) is 0.150. The molecule has 1 heterocycles. The van der Waals surface area contributed by atoms with Gasteiger partial charge in [0.2, 0.25) is 0 Å². The van der Waals surface area contributed by atoms with Crippen molar-refractivity contribution in [2.75, 3.05) is 19.0 Å². The van der Waals surface area contributed by atoms with E-state index in [0.29, 0.717) is 22.7 Å². The van der Waals surface area contributed by atoms with Crippen LogP contribution in [-0.4, -0.2) is 24.6 Å². The fourth-order valence-corrected chi connectivity index (χ4v) is 2.53. The molecule has 3 rings (SSSR count). The van der Waals surface area contributed by atoms with Crippen LogP contribution in [-0.2, 0) is 4.79 Å². The van der Waals surface area contributed by atoms with Crippen molar-refractivity contribution in [3.8, 4) is 17.6 Å². The number of amides is 1. The van der Waals surface area contributed by atoms with Crippen LogP contribution in [0, 0.1) is 18.3 Å². The van der Waals surface area contributed by atoms with Gasteiger partial charge >= 0.3 is 0 Å². The SMILES string of the molecule is COc1cc(C#N)ccc1OCC(=O)Nc1cccc2ccc(C)nc12. The number of hydrogen-bond acceptors (Lipinski definition) is 5. The molecule has 0 spiro atoms. The Balaban J connectivity index is 1.73. The van der Waals surface area contributed by atoms with E-state index in [-0.39, 0.29) is 12.5 Å². The average molecular weight is 347 g/mol. The van der Waals surface area contributed by atoms with Crippen molar-refractivity contribution in [1.82, 2.24) is 4.98 Å². The van der Waals surface area contributed by atoms with E-state index in [9.17, 15) is 4.79 Å². The predicted octanol–water partition coefficient (Wildman–Crippen LogP) is 3.44. The van der Waals surface area contributed by atoms with Crippen LogP contribution in [0.15, 0.2) is 48.5 Å². The highest BCUT2D eigenvalue weighted by atomic mass is 16.5. The number of nitrogens with one attached hydrogen (secondary N) is 1. The fourth-order valence-electron chi connectivity index (χ4n) is 2.53. The molecule has 130 valence electrons. The second-order valence-electron chi connectivity index (χ2n) is 5.64. The highest BCUT2D eigenvalue weighted by Gasteiger charge is 2.11. The van der Waals surface area contributed by atoms with Crippen LogP contribution >= 0.6 is 0 Å². The molecule has 1 amide bonds. The molecule has 6 heteroatoms. The zero-order chi connectivity index (χ0) is 18.5. The number of hydrogen-bond donors (Lipinski definition) is 1. The van der Waals surface area contributed by atoms with Crippen molar-refractivity contribution in [1.29, 1.82) is 5.26 Å². The number of aromatic nitrogens is 1. The molecular formula is C20H17N3O3. The van der Waals surface area contributed by atoms with Gasteiger partial charge in [-0.15, -0.1) is 0 Å². The molecule has 0 aliphatic carbocycles.